The number of morpholine rings is 1. The average Bonchev–Trinajstić information content (AvgIpc) is 2.28. The van der Waals surface area contributed by atoms with Crippen molar-refractivity contribution in [1.82, 2.24) is 14.3 Å². The van der Waals surface area contributed by atoms with Crippen LogP contribution in [0.4, 0.5) is 0 Å². The number of aromatic nitrogens is 2. The second kappa shape index (κ2) is 5.08. The highest BCUT2D eigenvalue weighted by Gasteiger charge is 2.32. The Kier molecular flexibility index (Phi) is 3.86. The molecule has 0 aliphatic carbocycles. The summed E-state index contributed by atoms with van der Waals surface area (Å²) in [5, 5.41) is 0.0256. The van der Waals surface area contributed by atoms with Crippen LogP contribution in [0.2, 0.25) is 5.28 Å². The van der Waals surface area contributed by atoms with Crippen LogP contribution in [0.1, 0.15) is 13.8 Å². The van der Waals surface area contributed by atoms with Gasteiger partial charge in [-0.05, 0) is 25.4 Å². The lowest BCUT2D eigenvalue weighted by Crippen LogP contribution is -2.48. The normalized spacial score (nSPS) is 26.2. The van der Waals surface area contributed by atoms with Crippen molar-refractivity contribution in [1.29, 1.82) is 0 Å². The summed E-state index contributed by atoms with van der Waals surface area (Å²) in [6.07, 6.45) is 2.18. The highest BCUT2D eigenvalue weighted by Crippen LogP contribution is 2.20. The predicted octanol–water partition coefficient (Wildman–Crippen LogP) is 0.928. The van der Waals surface area contributed by atoms with E-state index in [1.54, 1.807) is 0 Å². The van der Waals surface area contributed by atoms with Crippen molar-refractivity contribution < 1.29 is 13.2 Å². The summed E-state index contributed by atoms with van der Waals surface area (Å²) in [5.41, 5.74) is 0. The Labute approximate surface area is 111 Å². The molecule has 8 heteroatoms. The molecule has 2 rings (SSSR count). The van der Waals surface area contributed by atoms with Gasteiger partial charge in [0, 0.05) is 13.1 Å². The third kappa shape index (κ3) is 2.80. The Morgan fingerprint density at radius 1 is 1.28 bits per heavy atom. The molecule has 0 aromatic carbocycles. The fourth-order valence-corrected chi connectivity index (χ4v) is 3.49. The third-order valence-electron chi connectivity index (χ3n) is 2.62. The molecule has 2 atom stereocenters. The van der Waals surface area contributed by atoms with Gasteiger partial charge in [-0.3, -0.25) is 0 Å². The fraction of sp³-hybridized carbons (Fsp3) is 0.600. The minimum Gasteiger partial charge on any atom is -0.373 e. The van der Waals surface area contributed by atoms with Gasteiger partial charge in [0.2, 0.25) is 15.3 Å². The van der Waals surface area contributed by atoms with Crippen LogP contribution >= 0.6 is 11.6 Å². The Morgan fingerprint density at radius 2 is 1.78 bits per heavy atom. The van der Waals surface area contributed by atoms with Gasteiger partial charge in [-0.1, -0.05) is 0 Å². The van der Waals surface area contributed by atoms with Crippen molar-refractivity contribution >= 4 is 21.6 Å². The zero-order chi connectivity index (χ0) is 13.3. The largest absolute Gasteiger partial charge is 0.373 e. The molecule has 0 unspecified atom stereocenters. The molecular weight excluding hydrogens is 278 g/mol. The number of rotatable bonds is 2. The van der Waals surface area contributed by atoms with E-state index >= 15 is 0 Å². The van der Waals surface area contributed by atoms with E-state index in [9.17, 15) is 8.42 Å². The van der Waals surface area contributed by atoms with Gasteiger partial charge in [0.05, 0.1) is 24.6 Å². The lowest BCUT2D eigenvalue weighted by Gasteiger charge is -2.34. The maximum atomic E-state index is 12.3. The zero-order valence-electron chi connectivity index (χ0n) is 10.1. The Morgan fingerprint density at radius 3 is 2.28 bits per heavy atom. The van der Waals surface area contributed by atoms with Crippen LogP contribution in [0.25, 0.3) is 0 Å². The van der Waals surface area contributed by atoms with Gasteiger partial charge >= 0.3 is 0 Å². The predicted molar refractivity (Wildman–Crippen MR) is 65.8 cm³/mol. The minimum atomic E-state index is -3.57. The van der Waals surface area contributed by atoms with E-state index in [0.29, 0.717) is 13.1 Å². The van der Waals surface area contributed by atoms with E-state index in [4.69, 9.17) is 16.3 Å². The lowest BCUT2D eigenvalue weighted by atomic mass is 10.3. The standard InChI is InChI=1S/C10H14ClN3O3S/c1-7-5-14(6-8(2)17-7)18(15,16)9-3-12-10(11)13-4-9/h3-4,7-8H,5-6H2,1-2H3/t7-,8+. The second-order valence-corrected chi connectivity index (χ2v) is 6.54. The van der Waals surface area contributed by atoms with Gasteiger partial charge in [0.1, 0.15) is 4.90 Å². The first kappa shape index (κ1) is 13.7. The molecule has 6 nitrogen and oxygen atoms in total. The molecule has 0 N–H and O–H groups in total. The first-order chi connectivity index (χ1) is 8.39. The van der Waals surface area contributed by atoms with Crippen LogP contribution in [0.5, 0.6) is 0 Å². The molecule has 0 bridgehead atoms. The molecule has 1 aromatic rings. The molecule has 0 amide bonds. The van der Waals surface area contributed by atoms with E-state index < -0.39 is 10.0 Å². The third-order valence-corrected chi connectivity index (χ3v) is 4.60. The van der Waals surface area contributed by atoms with Crippen molar-refractivity contribution in [2.75, 3.05) is 13.1 Å². The number of hydrogen-bond donors (Lipinski definition) is 0. The molecule has 18 heavy (non-hydrogen) atoms. The van der Waals surface area contributed by atoms with Crippen LogP contribution in [0.15, 0.2) is 17.3 Å². The summed E-state index contributed by atoms with van der Waals surface area (Å²) in [6, 6.07) is 0. The van der Waals surface area contributed by atoms with Gasteiger partial charge in [-0.15, -0.1) is 0 Å². The van der Waals surface area contributed by atoms with E-state index in [1.807, 2.05) is 13.8 Å². The molecule has 1 saturated heterocycles. The van der Waals surface area contributed by atoms with Gasteiger partial charge in [0.25, 0.3) is 0 Å². The molecule has 1 aromatic heterocycles. The summed E-state index contributed by atoms with van der Waals surface area (Å²) >= 11 is 5.54. The Bertz CT molecular complexity index is 510. The first-order valence-corrected chi connectivity index (χ1v) is 7.34. The van der Waals surface area contributed by atoms with Crippen molar-refractivity contribution in [3.63, 3.8) is 0 Å². The molecule has 1 aliphatic rings. The van der Waals surface area contributed by atoms with Crippen molar-refractivity contribution in [3.8, 4) is 0 Å². The molecular formula is C10H14ClN3O3S. The van der Waals surface area contributed by atoms with E-state index in [-0.39, 0.29) is 22.4 Å². The summed E-state index contributed by atoms with van der Waals surface area (Å²) < 4.78 is 31.6. The van der Waals surface area contributed by atoms with Crippen LogP contribution in [0, 0.1) is 0 Å². The van der Waals surface area contributed by atoms with Gasteiger partial charge in [0.15, 0.2) is 0 Å². The topological polar surface area (TPSA) is 72.4 Å². The number of ether oxygens (including phenoxy) is 1. The van der Waals surface area contributed by atoms with E-state index in [2.05, 4.69) is 9.97 Å². The smallest absolute Gasteiger partial charge is 0.246 e. The maximum absolute atomic E-state index is 12.3. The maximum Gasteiger partial charge on any atom is 0.246 e. The molecule has 0 spiro atoms. The summed E-state index contributed by atoms with van der Waals surface area (Å²) in [5.74, 6) is 0. The Hall–Kier alpha value is -0.760. The number of hydrogen-bond acceptors (Lipinski definition) is 5. The molecule has 0 saturated carbocycles. The van der Waals surface area contributed by atoms with E-state index in [1.165, 1.54) is 16.7 Å². The van der Waals surface area contributed by atoms with E-state index in [0.717, 1.165) is 0 Å². The monoisotopic (exact) mass is 291 g/mol. The molecule has 1 fully saturated rings. The van der Waals surface area contributed by atoms with Crippen LogP contribution in [0.3, 0.4) is 0 Å². The minimum absolute atomic E-state index is 0.0256. The van der Waals surface area contributed by atoms with Crippen LogP contribution < -0.4 is 0 Å². The second-order valence-electron chi connectivity index (χ2n) is 4.27. The van der Waals surface area contributed by atoms with Gasteiger partial charge in [-0.25, -0.2) is 18.4 Å². The quantitative estimate of drug-likeness (QED) is 0.758. The molecule has 100 valence electrons. The molecule has 2 heterocycles. The first-order valence-electron chi connectivity index (χ1n) is 5.53. The molecule has 0 radical (unpaired) electrons. The van der Waals surface area contributed by atoms with Crippen LogP contribution in [-0.2, 0) is 14.8 Å². The highest BCUT2D eigenvalue weighted by molar-refractivity contribution is 7.89. The molecule has 1 aliphatic heterocycles. The highest BCUT2D eigenvalue weighted by atomic mass is 35.5. The SMILES string of the molecule is C[C@@H]1CN(S(=O)(=O)c2cnc(Cl)nc2)C[C@H](C)O1. The van der Waals surface area contributed by atoms with Crippen LogP contribution in [-0.4, -0.2) is 48.0 Å². The zero-order valence-corrected chi connectivity index (χ0v) is 11.6. The number of sulfonamides is 1. The number of nitrogens with zero attached hydrogens (tertiary/aromatic N) is 3. The lowest BCUT2D eigenvalue weighted by molar-refractivity contribution is -0.0440. The average molecular weight is 292 g/mol. The number of halogens is 1. The summed E-state index contributed by atoms with van der Waals surface area (Å²) in [6.45, 7) is 4.34. The summed E-state index contributed by atoms with van der Waals surface area (Å²) in [7, 11) is -3.57. The Balaban J connectivity index is 2.28. The fourth-order valence-electron chi connectivity index (χ4n) is 1.91. The van der Waals surface area contributed by atoms with Gasteiger partial charge < -0.3 is 4.74 Å². The van der Waals surface area contributed by atoms with Crippen molar-refractivity contribution in [3.05, 3.63) is 17.7 Å². The van der Waals surface area contributed by atoms with Gasteiger partial charge in [-0.2, -0.15) is 4.31 Å². The van der Waals surface area contributed by atoms with Crippen molar-refractivity contribution in [2.24, 2.45) is 0 Å². The summed E-state index contributed by atoms with van der Waals surface area (Å²) in [4.78, 5) is 7.44. The van der Waals surface area contributed by atoms with Crippen molar-refractivity contribution in [2.45, 2.75) is 31.0 Å².